The number of hydrogen-bond acceptors (Lipinski definition) is 4. The third-order valence-electron chi connectivity index (χ3n) is 3.03. The van der Waals surface area contributed by atoms with Crippen molar-refractivity contribution >= 4 is 40.7 Å². The second kappa shape index (κ2) is 6.77. The molecule has 0 unspecified atom stereocenters. The lowest BCUT2D eigenvalue weighted by molar-refractivity contribution is -0.116. The lowest BCUT2D eigenvalue weighted by Crippen LogP contribution is -2.19. The third-order valence-corrected chi connectivity index (χ3v) is 4.15. The number of carbonyl (C=O) groups excluding carboxylic acids is 1. The molecule has 1 amide bonds. The molecule has 1 aliphatic heterocycles. The fourth-order valence-electron chi connectivity index (χ4n) is 1.93. The molecule has 4 nitrogen and oxygen atoms in total. The average Bonchev–Trinajstić information content (AvgIpc) is 2.94. The van der Waals surface area contributed by atoms with E-state index in [2.05, 4.69) is 15.5 Å². The first-order valence-corrected chi connectivity index (χ1v) is 7.97. The summed E-state index contributed by atoms with van der Waals surface area (Å²) in [5, 5.41) is 11.8. The number of carbonyl (C=O) groups is 1. The van der Waals surface area contributed by atoms with E-state index < -0.39 is 0 Å². The SMILES string of the molecule is O=C1CSC(=NN=Cc2ccc(-c3ccc(Cl)cc3)cc2)N1. The number of rotatable bonds is 3. The molecule has 1 aliphatic rings. The highest BCUT2D eigenvalue weighted by molar-refractivity contribution is 8.15. The van der Waals surface area contributed by atoms with Crippen molar-refractivity contribution in [3.63, 3.8) is 0 Å². The molecule has 1 N–H and O–H groups in total. The Kier molecular flexibility index (Phi) is 4.56. The van der Waals surface area contributed by atoms with E-state index in [-0.39, 0.29) is 5.91 Å². The van der Waals surface area contributed by atoms with E-state index in [4.69, 9.17) is 11.6 Å². The van der Waals surface area contributed by atoms with Crippen LogP contribution >= 0.6 is 23.4 Å². The predicted octanol–water partition coefficient (Wildman–Crippen LogP) is 3.56. The normalized spacial score (nSPS) is 16.4. The molecule has 110 valence electrons. The summed E-state index contributed by atoms with van der Waals surface area (Å²) >= 11 is 7.24. The smallest absolute Gasteiger partial charge is 0.236 e. The summed E-state index contributed by atoms with van der Waals surface area (Å²) in [6.07, 6.45) is 1.66. The Morgan fingerprint density at radius 1 is 1.05 bits per heavy atom. The molecule has 2 aromatic rings. The number of amidine groups is 1. The van der Waals surface area contributed by atoms with Gasteiger partial charge in [0.15, 0.2) is 5.17 Å². The second-order valence-corrected chi connectivity index (χ2v) is 6.02. The number of nitrogens with one attached hydrogen (secondary N) is 1. The summed E-state index contributed by atoms with van der Waals surface area (Å²) in [7, 11) is 0. The molecule has 2 aromatic carbocycles. The fourth-order valence-corrected chi connectivity index (χ4v) is 2.69. The summed E-state index contributed by atoms with van der Waals surface area (Å²) in [4.78, 5) is 11.0. The quantitative estimate of drug-likeness (QED) is 0.691. The van der Waals surface area contributed by atoms with Crippen LogP contribution in [-0.4, -0.2) is 23.0 Å². The largest absolute Gasteiger partial charge is 0.303 e. The Morgan fingerprint density at radius 2 is 1.68 bits per heavy atom. The van der Waals surface area contributed by atoms with Crippen LogP contribution in [0.4, 0.5) is 0 Å². The minimum absolute atomic E-state index is 0.0359. The van der Waals surface area contributed by atoms with Crippen molar-refractivity contribution in [2.24, 2.45) is 10.2 Å². The van der Waals surface area contributed by atoms with Gasteiger partial charge in [0.05, 0.1) is 12.0 Å². The van der Waals surface area contributed by atoms with Gasteiger partial charge in [0, 0.05) is 5.02 Å². The zero-order chi connectivity index (χ0) is 15.4. The summed E-state index contributed by atoms with van der Waals surface area (Å²) in [5.74, 6) is 0.371. The number of amides is 1. The van der Waals surface area contributed by atoms with Crippen LogP contribution in [0.25, 0.3) is 11.1 Å². The maximum atomic E-state index is 11.0. The molecule has 0 aromatic heterocycles. The number of benzene rings is 2. The van der Waals surface area contributed by atoms with Gasteiger partial charge in [-0.2, -0.15) is 5.10 Å². The van der Waals surface area contributed by atoms with Gasteiger partial charge in [-0.15, -0.1) is 5.10 Å². The topological polar surface area (TPSA) is 53.8 Å². The molecule has 0 bridgehead atoms. The minimum atomic E-state index is -0.0359. The lowest BCUT2D eigenvalue weighted by Gasteiger charge is -2.02. The van der Waals surface area contributed by atoms with Gasteiger partial charge in [0.2, 0.25) is 5.91 Å². The van der Waals surface area contributed by atoms with Crippen LogP contribution in [0.3, 0.4) is 0 Å². The lowest BCUT2D eigenvalue weighted by atomic mass is 10.0. The van der Waals surface area contributed by atoms with Crippen LogP contribution in [0.1, 0.15) is 5.56 Å². The molecule has 0 aliphatic carbocycles. The average molecular weight is 330 g/mol. The van der Waals surface area contributed by atoms with E-state index >= 15 is 0 Å². The zero-order valence-electron chi connectivity index (χ0n) is 11.5. The Bertz CT molecular complexity index is 739. The molecule has 1 fully saturated rings. The molecule has 0 spiro atoms. The van der Waals surface area contributed by atoms with Gasteiger partial charge in [-0.25, -0.2) is 0 Å². The molecule has 0 saturated carbocycles. The molecule has 1 heterocycles. The molecule has 0 radical (unpaired) electrons. The van der Waals surface area contributed by atoms with Crippen molar-refractivity contribution in [1.29, 1.82) is 0 Å². The maximum Gasteiger partial charge on any atom is 0.236 e. The number of halogens is 1. The van der Waals surface area contributed by atoms with Crippen LogP contribution in [0.15, 0.2) is 58.7 Å². The summed E-state index contributed by atoms with van der Waals surface area (Å²) in [6.45, 7) is 0. The number of thioether (sulfide) groups is 1. The van der Waals surface area contributed by atoms with E-state index in [1.165, 1.54) is 11.8 Å². The van der Waals surface area contributed by atoms with E-state index in [0.29, 0.717) is 10.9 Å². The van der Waals surface area contributed by atoms with Crippen LogP contribution in [0.2, 0.25) is 5.02 Å². The fraction of sp³-hybridized carbons (Fsp3) is 0.0625. The van der Waals surface area contributed by atoms with Crippen LogP contribution in [0.5, 0.6) is 0 Å². The van der Waals surface area contributed by atoms with Crippen molar-refractivity contribution < 1.29 is 4.79 Å². The number of hydrogen-bond donors (Lipinski definition) is 1. The van der Waals surface area contributed by atoms with Gasteiger partial charge in [-0.3, -0.25) is 4.79 Å². The van der Waals surface area contributed by atoms with Crippen LogP contribution in [-0.2, 0) is 4.79 Å². The maximum absolute atomic E-state index is 11.0. The summed E-state index contributed by atoms with van der Waals surface area (Å²) in [5.41, 5.74) is 3.16. The monoisotopic (exact) mass is 329 g/mol. The van der Waals surface area contributed by atoms with Crippen molar-refractivity contribution in [3.8, 4) is 11.1 Å². The Morgan fingerprint density at radius 3 is 2.27 bits per heavy atom. The van der Waals surface area contributed by atoms with Crippen molar-refractivity contribution in [2.75, 3.05) is 5.75 Å². The van der Waals surface area contributed by atoms with Gasteiger partial charge in [0.25, 0.3) is 0 Å². The first kappa shape index (κ1) is 14.8. The molecular weight excluding hydrogens is 318 g/mol. The highest BCUT2D eigenvalue weighted by atomic mass is 35.5. The van der Waals surface area contributed by atoms with Crippen LogP contribution in [0, 0.1) is 0 Å². The van der Waals surface area contributed by atoms with E-state index in [1.807, 2.05) is 48.5 Å². The Labute approximate surface area is 137 Å². The molecule has 22 heavy (non-hydrogen) atoms. The van der Waals surface area contributed by atoms with E-state index in [0.717, 1.165) is 21.7 Å². The molecule has 0 atom stereocenters. The first-order chi connectivity index (χ1) is 10.7. The van der Waals surface area contributed by atoms with Crippen molar-refractivity contribution in [1.82, 2.24) is 5.32 Å². The highest BCUT2D eigenvalue weighted by Crippen LogP contribution is 2.21. The predicted molar refractivity (Wildman–Crippen MR) is 92.5 cm³/mol. The van der Waals surface area contributed by atoms with Gasteiger partial charge in [-0.1, -0.05) is 59.8 Å². The van der Waals surface area contributed by atoms with Gasteiger partial charge >= 0.3 is 0 Å². The minimum Gasteiger partial charge on any atom is -0.303 e. The zero-order valence-corrected chi connectivity index (χ0v) is 13.1. The summed E-state index contributed by atoms with van der Waals surface area (Å²) in [6, 6.07) is 15.7. The number of nitrogens with zero attached hydrogens (tertiary/aromatic N) is 2. The van der Waals surface area contributed by atoms with Gasteiger partial charge < -0.3 is 5.32 Å². The standard InChI is InChI=1S/C16H12ClN3OS/c17-14-7-5-13(6-8-14)12-3-1-11(2-4-12)9-18-20-16-19-15(21)10-22-16/h1-9H,10H2,(H,19,20,21). The molecule has 6 heteroatoms. The van der Waals surface area contributed by atoms with E-state index in [9.17, 15) is 4.79 Å². The van der Waals surface area contributed by atoms with Crippen molar-refractivity contribution in [3.05, 3.63) is 59.1 Å². The second-order valence-electron chi connectivity index (χ2n) is 4.62. The molecule has 3 rings (SSSR count). The molecular formula is C16H12ClN3OS. The molecule has 1 saturated heterocycles. The van der Waals surface area contributed by atoms with Gasteiger partial charge in [0.1, 0.15) is 0 Å². The summed E-state index contributed by atoms with van der Waals surface area (Å²) < 4.78 is 0. The third kappa shape index (κ3) is 3.75. The van der Waals surface area contributed by atoms with E-state index in [1.54, 1.807) is 6.21 Å². The van der Waals surface area contributed by atoms with Crippen molar-refractivity contribution in [2.45, 2.75) is 0 Å². The van der Waals surface area contributed by atoms with Crippen LogP contribution < -0.4 is 5.32 Å². The highest BCUT2D eigenvalue weighted by Gasteiger charge is 2.15. The van der Waals surface area contributed by atoms with Gasteiger partial charge in [-0.05, 0) is 28.8 Å². The first-order valence-electron chi connectivity index (χ1n) is 6.60. The Hall–Kier alpha value is -2.11. The Balaban J connectivity index is 1.69.